The van der Waals surface area contributed by atoms with Crippen molar-refractivity contribution in [2.45, 2.75) is 6.92 Å². The van der Waals surface area contributed by atoms with E-state index in [0.29, 0.717) is 0 Å². The molecule has 0 radical (unpaired) electrons. The SMILES string of the molecule is CN=C(S/C=C/C=O)c1ccnc(C)c1. The summed E-state index contributed by atoms with van der Waals surface area (Å²) in [5, 5.41) is 2.59. The van der Waals surface area contributed by atoms with Gasteiger partial charge in [-0.3, -0.25) is 14.8 Å². The van der Waals surface area contributed by atoms with E-state index in [2.05, 4.69) is 9.98 Å². The summed E-state index contributed by atoms with van der Waals surface area (Å²) in [6.45, 7) is 1.93. The first-order valence-corrected chi connectivity index (χ1v) is 5.32. The Kier molecular flexibility index (Phi) is 4.77. The van der Waals surface area contributed by atoms with Crippen molar-refractivity contribution in [2.75, 3.05) is 7.05 Å². The Bertz CT molecular complexity index is 399. The fourth-order valence-electron chi connectivity index (χ4n) is 1.06. The van der Waals surface area contributed by atoms with Crippen LogP contribution in [0.3, 0.4) is 0 Å². The normalized spacial score (nSPS) is 12.0. The fourth-order valence-corrected chi connectivity index (χ4v) is 1.70. The highest BCUT2D eigenvalue weighted by molar-refractivity contribution is 8.16. The van der Waals surface area contributed by atoms with Crippen molar-refractivity contribution in [3.05, 3.63) is 41.1 Å². The molecule has 3 nitrogen and oxygen atoms in total. The molecule has 78 valence electrons. The number of carbonyl (C=O) groups is 1. The first-order valence-electron chi connectivity index (χ1n) is 4.44. The standard InChI is InChI=1S/C11H12N2OS/c1-9-8-10(4-5-13-9)11(12-2)15-7-3-6-14/h3-8H,1-2H3/b7-3+,12-11?. The molecule has 0 fully saturated rings. The van der Waals surface area contributed by atoms with E-state index >= 15 is 0 Å². The second kappa shape index (κ2) is 6.14. The maximum atomic E-state index is 10.1. The zero-order valence-corrected chi connectivity index (χ0v) is 9.49. The quantitative estimate of drug-likeness (QED) is 0.339. The van der Waals surface area contributed by atoms with Crippen LogP contribution in [0.2, 0.25) is 0 Å². The molecule has 0 aliphatic carbocycles. The van der Waals surface area contributed by atoms with E-state index in [9.17, 15) is 4.79 Å². The van der Waals surface area contributed by atoms with Gasteiger partial charge in [0, 0.05) is 24.5 Å². The monoisotopic (exact) mass is 220 g/mol. The minimum Gasteiger partial charge on any atom is -0.299 e. The summed E-state index contributed by atoms with van der Waals surface area (Å²) in [5.74, 6) is 0. The molecule has 0 bridgehead atoms. The molecule has 0 aliphatic rings. The molecule has 1 aromatic rings. The van der Waals surface area contributed by atoms with Crippen molar-refractivity contribution in [3.63, 3.8) is 0 Å². The number of thioether (sulfide) groups is 1. The minimum atomic E-state index is 0.748. The molecule has 0 spiro atoms. The van der Waals surface area contributed by atoms with Gasteiger partial charge >= 0.3 is 0 Å². The van der Waals surface area contributed by atoms with Crippen molar-refractivity contribution in [2.24, 2.45) is 4.99 Å². The van der Waals surface area contributed by atoms with Gasteiger partial charge < -0.3 is 0 Å². The van der Waals surface area contributed by atoms with Gasteiger partial charge in [-0.2, -0.15) is 0 Å². The van der Waals surface area contributed by atoms with Crippen LogP contribution >= 0.6 is 11.8 Å². The number of aryl methyl sites for hydroxylation is 1. The lowest BCUT2D eigenvalue weighted by molar-refractivity contribution is -0.104. The molecular weight excluding hydrogens is 208 g/mol. The van der Waals surface area contributed by atoms with Crippen molar-refractivity contribution in [1.82, 2.24) is 4.98 Å². The number of aldehydes is 1. The van der Waals surface area contributed by atoms with Crippen LogP contribution in [-0.2, 0) is 4.79 Å². The molecule has 0 saturated heterocycles. The van der Waals surface area contributed by atoms with Gasteiger partial charge in [0.25, 0.3) is 0 Å². The molecular formula is C11H12N2OS. The predicted octanol–water partition coefficient (Wildman–Crippen LogP) is 2.21. The van der Waals surface area contributed by atoms with Gasteiger partial charge in [-0.05, 0) is 30.5 Å². The number of pyridine rings is 1. The van der Waals surface area contributed by atoms with Crippen molar-refractivity contribution in [1.29, 1.82) is 0 Å². The highest BCUT2D eigenvalue weighted by Crippen LogP contribution is 2.14. The molecule has 0 aromatic carbocycles. The van der Waals surface area contributed by atoms with Gasteiger partial charge in [-0.25, -0.2) is 0 Å². The number of allylic oxidation sites excluding steroid dienone is 1. The molecule has 1 heterocycles. The second-order valence-electron chi connectivity index (χ2n) is 2.80. The summed E-state index contributed by atoms with van der Waals surface area (Å²) in [5.41, 5.74) is 1.97. The van der Waals surface area contributed by atoms with Gasteiger partial charge in [-0.1, -0.05) is 11.8 Å². The van der Waals surface area contributed by atoms with Gasteiger partial charge in [0.2, 0.25) is 0 Å². The Labute approximate surface area is 93.3 Å². The highest BCUT2D eigenvalue weighted by Gasteiger charge is 2.01. The summed E-state index contributed by atoms with van der Waals surface area (Å²) < 4.78 is 0. The molecule has 1 aromatic heterocycles. The highest BCUT2D eigenvalue weighted by atomic mass is 32.2. The summed E-state index contributed by atoms with van der Waals surface area (Å²) in [6, 6.07) is 3.86. The number of rotatable bonds is 3. The van der Waals surface area contributed by atoms with E-state index in [1.807, 2.05) is 19.1 Å². The lowest BCUT2D eigenvalue weighted by Gasteiger charge is -2.02. The predicted molar refractivity (Wildman–Crippen MR) is 64.2 cm³/mol. The number of carbonyl (C=O) groups excluding carboxylic acids is 1. The van der Waals surface area contributed by atoms with Crippen molar-refractivity contribution >= 4 is 23.1 Å². The summed E-state index contributed by atoms with van der Waals surface area (Å²) in [6.07, 6.45) is 3.95. The van der Waals surface area contributed by atoms with E-state index in [0.717, 1.165) is 22.6 Å². The molecule has 4 heteroatoms. The molecule has 0 amide bonds. The van der Waals surface area contributed by atoms with Crippen LogP contribution in [0.15, 0.2) is 34.8 Å². The van der Waals surface area contributed by atoms with Crippen LogP contribution in [0.1, 0.15) is 11.3 Å². The van der Waals surface area contributed by atoms with Gasteiger partial charge in [0.05, 0.1) is 0 Å². The van der Waals surface area contributed by atoms with Crippen LogP contribution in [0.25, 0.3) is 0 Å². The molecule has 0 atom stereocenters. The molecule has 15 heavy (non-hydrogen) atoms. The number of hydrogen-bond donors (Lipinski definition) is 0. The fraction of sp³-hybridized carbons (Fsp3) is 0.182. The van der Waals surface area contributed by atoms with E-state index in [-0.39, 0.29) is 0 Å². The first kappa shape index (κ1) is 11.7. The van der Waals surface area contributed by atoms with Crippen molar-refractivity contribution < 1.29 is 4.79 Å². The maximum absolute atomic E-state index is 10.1. The smallest absolute Gasteiger partial charge is 0.143 e. The van der Waals surface area contributed by atoms with Crippen LogP contribution in [0, 0.1) is 6.92 Å². The maximum Gasteiger partial charge on any atom is 0.143 e. The Morgan fingerprint density at radius 3 is 3.00 bits per heavy atom. The van der Waals surface area contributed by atoms with Crippen LogP contribution in [0.5, 0.6) is 0 Å². The third kappa shape index (κ3) is 3.67. The average Bonchev–Trinajstić information content (AvgIpc) is 2.24. The van der Waals surface area contributed by atoms with Crippen LogP contribution in [-0.4, -0.2) is 23.4 Å². The summed E-state index contributed by atoms with van der Waals surface area (Å²) >= 11 is 1.42. The lowest BCUT2D eigenvalue weighted by Crippen LogP contribution is -1.95. The Hall–Kier alpha value is -1.42. The van der Waals surface area contributed by atoms with E-state index in [1.165, 1.54) is 17.8 Å². The zero-order chi connectivity index (χ0) is 11.1. The number of aliphatic imine (C=N–C) groups is 1. The third-order valence-electron chi connectivity index (χ3n) is 1.68. The molecule has 0 aliphatic heterocycles. The first-order chi connectivity index (χ1) is 7.27. The average molecular weight is 220 g/mol. The van der Waals surface area contributed by atoms with Gasteiger partial charge in [0.15, 0.2) is 0 Å². The lowest BCUT2D eigenvalue weighted by atomic mass is 10.2. The zero-order valence-electron chi connectivity index (χ0n) is 8.68. The number of hydrogen-bond acceptors (Lipinski definition) is 4. The Morgan fingerprint density at radius 2 is 2.40 bits per heavy atom. The van der Waals surface area contributed by atoms with E-state index in [4.69, 9.17) is 0 Å². The molecule has 1 rings (SSSR count). The van der Waals surface area contributed by atoms with Crippen LogP contribution in [0.4, 0.5) is 0 Å². The third-order valence-corrected chi connectivity index (χ3v) is 2.62. The second-order valence-corrected chi connectivity index (χ2v) is 3.69. The summed E-state index contributed by atoms with van der Waals surface area (Å²) in [4.78, 5) is 18.4. The molecule has 0 unspecified atom stereocenters. The van der Waals surface area contributed by atoms with Crippen LogP contribution < -0.4 is 0 Å². The summed E-state index contributed by atoms with van der Waals surface area (Å²) in [7, 11) is 1.73. The Balaban J connectivity index is 2.84. The Morgan fingerprint density at radius 1 is 1.60 bits per heavy atom. The van der Waals surface area contributed by atoms with Gasteiger partial charge in [-0.15, -0.1) is 0 Å². The number of aromatic nitrogens is 1. The van der Waals surface area contributed by atoms with Crippen molar-refractivity contribution in [3.8, 4) is 0 Å². The van der Waals surface area contributed by atoms with Gasteiger partial charge in [0.1, 0.15) is 11.3 Å². The largest absolute Gasteiger partial charge is 0.299 e. The topological polar surface area (TPSA) is 42.3 Å². The van der Waals surface area contributed by atoms with E-state index < -0.39 is 0 Å². The molecule has 0 saturated carbocycles. The van der Waals surface area contributed by atoms with E-state index in [1.54, 1.807) is 18.7 Å². The molecule has 0 N–H and O–H groups in total. The minimum absolute atomic E-state index is 0.748. The number of nitrogens with zero attached hydrogens (tertiary/aromatic N) is 2.